The largest absolute Gasteiger partial charge is 0.480 e. The van der Waals surface area contributed by atoms with Crippen molar-refractivity contribution in [2.75, 3.05) is 13.7 Å². The van der Waals surface area contributed by atoms with E-state index in [-0.39, 0.29) is 6.04 Å². The molecule has 3 amide bonds. The van der Waals surface area contributed by atoms with E-state index >= 15 is 0 Å². The van der Waals surface area contributed by atoms with Crippen LogP contribution < -0.4 is 16.4 Å². The number of urea groups is 1. The molecular weight excluding hydrogens is 242 g/mol. The zero-order valence-corrected chi connectivity index (χ0v) is 10.4. The van der Waals surface area contributed by atoms with Crippen molar-refractivity contribution in [3.63, 3.8) is 0 Å². The molecule has 0 aromatic heterocycles. The summed E-state index contributed by atoms with van der Waals surface area (Å²) >= 11 is 0. The van der Waals surface area contributed by atoms with Crippen molar-refractivity contribution in [3.05, 3.63) is 0 Å². The third-order valence-corrected chi connectivity index (χ3v) is 2.20. The van der Waals surface area contributed by atoms with E-state index in [1.807, 2.05) is 6.92 Å². The van der Waals surface area contributed by atoms with Crippen LogP contribution in [0.4, 0.5) is 4.79 Å². The average molecular weight is 261 g/mol. The normalized spacial score (nSPS) is 13.4. The number of carboxylic acids is 1. The summed E-state index contributed by atoms with van der Waals surface area (Å²) in [7, 11) is 1.50. The summed E-state index contributed by atoms with van der Waals surface area (Å²) < 4.78 is 4.88. The third kappa shape index (κ3) is 6.69. The second-order valence-electron chi connectivity index (χ2n) is 3.74. The van der Waals surface area contributed by atoms with Gasteiger partial charge in [0, 0.05) is 7.11 Å². The maximum Gasteiger partial charge on any atom is 0.326 e. The molecule has 8 nitrogen and oxygen atoms in total. The standard InChI is InChI=1S/C10H19N3O5/c1-3-6(5-18-2)12-10(17)13-7(9(15)16)4-8(11)14/h6-7H,3-5H2,1-2H3,(H2,11,14)(H,15,16)(H2,12,13,17). The monoisotopic (exact) mass is 261 g/mol. The van der Waals surface area contributed by atoms with Gasteiger partial charge < -0.3 is 26.2 Å². The topological polar surface area (TPSA) is 131 Å². The number of carboxylic acid groups (broad SMARTS) is 1. The van der Waals surface area contributed by atoms with Crippen molar-refractivity contribution in [1.29, 1.82) is 0 Å². The van der Waals surface area contributed by atoms with Crippen LogP contribution in [0.2, 0.25) is 0 Å². The lowest BCUT2D eigenvalue weighted by Crippen LogP contribution is -2.50. The zero-order valence-electron chi connectivity index (χ0n) is 10.4. The summed E-state index contributed by atoms with van der Waals surface area (Å²) in [5.74, 6) is -2.12. The van der Waals surface area contributed by atoms with Gasteiger partial charge in [0.1, 0.15) is 6.04 Å². The van der Waals surface area contributed by atoms with E-state index in [0.29, 0.717) is 13.0 Å². The van der Waals surface area contributed by atoms with Gasteiger partial charge in [-0.05, 0) is 6.42 Å². The van der Waals surface area contributed by atoms with E-state index in [2.05, 4.69) is 10.6 Å². The second-order valence-corrected chi connectivity index (χ2v) is 3.74. The van der Waals surface area contributed by atoms with Crippen LogP contribution in [-0.4, -0.2) is 48.8 Å². The van der Waals surface area contributed by atoms with E-state index < -0.39 is 30.4 Å². The molecule has 0 aliphatic carbocycles. The summed E-state index contributed by atoms with van der Waals surface area (Å²) in [5.41, 5.74) is 4.89. The first-order chi connectivity index (χ1) is 8.40. The summed E-state index contributed by atoms with van der Waals surface area (Å²) in [6.45, 7) is 2.17. The summed E-state index contributed by atoms with van der Waals surface area (Å²) in [4.78, 5) is 32.9. The highest BCUT2D eigenvalue weighted by atomic mass is 16.5. The molecule has 0 aromatic carbocycles. The Morgan fingerprint density at radius 1 is 1.33 bits per heavy atom. The Morgan fingerprint density at radius 3 is 2.33 bits per heavy atom. The first-order valence-electron chi connectivity index (χ1n) is 5.47. The molecule has 2 unspecified atom stereocenters. The summed E-state index contributed by atoms with van der Waals surface area (Å²) in [5, 5.41) is 13.5. The molecule has 104 valence electrons. The van der Waals surface area contributed by atoms with E-state index in [9.17, 15) is 14.4 Å². The van der Waals surface area contributed by atoms with E-state index in [4.69, 9.17) is 15.6 Å². The van der Waals surface area contributed by atoms with Crippen LogP contribution in [-0.2, 0) is 14.3 Å². The van der Waals surface area contributed by atoms with Crippen LogP contribution in [0.5, 0.6) is 0 Å². The minimum Gasteiger partial charge on any atom is -0.480 e. The molecule has 0 aromatic rings. The quantitative estimate of drug-likeness (QED) is 0.447. The highest BCUT2D eigenvalue weighted by Crippen LogP contribution is 1.94. The molecule has 0 spiro atoms. The van der Waals surface area contributed by atoms with Crippen molar-refractivity contribution in [2.45, 2.75) is 31.8 Å². The average Bonchev–Trinajstić information content (AvgIpc) is 2.26. The first kappa shape index (κ1) is 16.2. The lowest BCUT2D eigenvalue weighted by Gasteiger charge is -2.18. The maximum atomic E-state index is 11.5. The van der Waals surface area contributed by atoms with Gasteiger partial charge in [-0.1, -0.05) is 6.92 Å². The molecule has 0 heterocycles. The lowest BCUT2D eigenvalue weighted by molar-refractivity contribution is -0.140. The molecule has 5 N–H and O–H groups in total. The number of primary amides is 1. The predicted octanol–water partition coefficient (Wildman–Crippen LogP) is -0.961. The molecule has 0 aliphatic rings. The molecule has 8 heteroatoms. The maximum absolute atomic E-state index is 11.5. The van der Waals surface area contributed by atoms with Gasteiger partial charge in [0.15, 0.2) is 0 Å². The Morgan fingerprint density at radius 2 is 1.94 bits per heavy atom. The van der Waals surface area contributed by atoms with Crippen molar-refractivity contribution in [2.24, 2.45) is 5.73 Å². The second kappa shape index (κ2) is 8.29. The smallest absolute Gasteiger partial charge is 0.326 e. The van der Waals surface area contributed by atoms with Crippen LogP contribution in [0.15, 0.2) is 0 Å². The number of rotatable bonds is 8. The van der Waals surface area contributed by atoms with Gasteiger partial charge in [-0.3, -0.25) is 4.79 Å². The van der Waals surface area contributed by atoms with Crippen molar-refractivity contribution in [3.8, 4) is 0 Å². The molecule has 0 rings (SSSR count). The van der Waals surface area contributed by atoms with Crippen LogP contribution in [0.3, 0.4) is 0 Å². The Bertz CT molecular complexity index is 308. The number of nitrogens with two attached hydrogens (primary N) is 1. The van der Waals surface area contributed by atoms with Gasteiger partial charge in [-0.15, -0.1) is 0 Å². The number of hydrogen-bond acceptors (Lipinski definition) is 4. The van der Waals surface area contributed by atoms with Crippen LogP contribution in [0.25, 0.3) is 0 Å². The van der Waals surface area contributed by atoms with Gasteiger partial charge in [0.05, 0.1) is 19.1 Å². The molecule has 0 bridgehead atoms. The fourth-order valence-corrected chi connectivity index (χ4v) is 1.25. The van der Waals surface area contributed by atoms with Gasteiger partial charge in [-0.25, -0.2) is 9.59 Å². The number of carbonyl (C=O) groups is 3. The Hall–Kier alpha value is -1.83. The molecule has 18 heavy (non-hydrogen) atoms. The highest BCUT2D eigenvalue weighted by Gasteiger charge is 2.22. The number of amides is 3. The molecule has 2 atom stereocenters. The Balaban J connectivity index is 4.32. The molecule has 0 fully saturated rings. The summed E-state index contributed by atoms with van der Waals surface area (Å²) in [6, 6.07) is -2.23. The fraction of sp³-hybridized carbons (Fsp3) is 0.700. The van der Waals surface area contributed by atoms with Crippen LogP contribution in [0, 0.1) is 0 Å². The minimum atomic E-state index is -1.33. The molecule has 0 radical (unpaired) electrons. The molecule has 0 aliphatic heterocycles. The molecule has 0 saturated heterocycles. The fourth-order valence-electron chi connectivity index (χ4n) is 1.25. The van der Waals surface area contributed by atoms with Gasteiger partial charge >= 0.3 is 12.0 Å². The Labute approximate surface area is 105 Å². The number of hydrogen-bond donors (Lipinski definition) is 4. The number of ether oxygens (including phenoxy) is 1. The highest BCUT2D eigenvalue weighted by molar-refractivity contribution is 5.87. The Kier molecular flexibility index (Phi) is 7.45. The van der Waals surface area contributed by atoms with Crippen molar-refractivity contribution < 1.29 is 24.2 Å². The number of nitrogens with one attached hydrogen (secondary N) is 2. The number of aliphatic carboxylic acids is 1. The lowest BCUT2D eigenvalue weighted by atomic mass is 10.2. The van der Waals surface area contributed by atoms with Gasteiger partial charge in [0.2, 0.25) is 5.91 Å². The van der Waals surface area contributed by atoms with Crippen molar-refractivity contribution >= 4 is 17.9 Å². The van der Waals surface area contributed by atoms with Gasteiger partial charge in [-0.2, -0.15) is 0 Å². The number of methoxy groups -OCH3 is 1. The van der Waals surface area contributed by atoms with E-state index in [1.165, 1.54) is 7.11 Å². The van der Waals surface area contributed by atoms with E-state index in [0.717, 1.165) is 0 Å². The van der Waals surface area contributed by atoms with Crippen molar-refractivity contribution in [1.82, 2.24) is 10.6 Å². The zero-order chi connectivity index (χ0) is 14.1. The third-order valence-electron chi connectivity index (χ3n) is 2.20. The summed E-state index contributed by atoms with van der Waals surface area (Å²) in [6.07, 6.45) is 0.179. The predicted molar refractivity (Wildman–Crippen MR) is 62.9 cm³/mol. The molecule has 0 saturated carbocycles. The van der Waals surface area contributed by atoms with Crippen LogP contribution in [0.1, 0.15) is 19.8 Å². The van der Waals surface area contributed by atoms with Crippen LogP contribution >= 0.6 is 0 Å². The first-order valence-corrected chi connectivity index (χ1v) is 5.47. The SMILES string of the molecule is CCC(COC)NC(=O)NC(CC(N)=O)C(=O)O. The van der Waals surface area contributed by atoms with E-state index in [1.54, 1.807) is 0 Å². The molecular formula is C10H19N3O5. The minimum absolute atomic E-state index is 0.224. The van der Waals surface area contributed by atoms with Gasteiger partial charge in [0.25, 0.3) is 0 Å². The number of carbonyl (C=O) groups excluding carboxylic acids is 2.